The van der Waals surface area contributed by atoms with Crippen molar-refractivity contribution in [3.8, 4) is 0 Å². The molecule has 0 amide bonds. The van der Waals surface area contributed by atoms with Crippen LogP contribution in [0.25, 0.3) is 0 Å². The first-order valence-corrected chi connectivity index (χ1v) is 5.18. The van der Waals surface area contributed by atoms with E-state index in [0.717, 1.165) is 6.54 Å². The van der Waals surface area contributed by atoms with E-state index in [9.17, 15) is 0 Å². The third-order valence-corrected chi connectivity index (χ3v) is 2.86. The molecule has 1 saturated carbocycles. The first-order valence-electron chi connectivity index (χ1n) is 5.18. The van der Waals surface area contributed by atoms with Crippen molar-refractivity contribution in [1.29, 1.82) is 0 Å². The summed E-state index contributed by atoms with van der Waals surface area (Å²) in [5.41, 5.74) is 1.13. The van der Waals surface area contributed by atoms with Crippen LogP contribution in [0.4, 0.5) is 0 Å². The molecule has 12 heavy (non-hydrogen) atoms. The summed E-state index contributed by atoms with van der Waals surface area (Å²) in [6.45, 7) is 11.5. The van der Waals surface area contributed by atoms with Gasteiger partial charge in [-0.05, 0) is 30.1 Å². The Balaban J connectivity index is 2.10. The molecule has 72 valence electrons. The maximum Gasteiger partial charge on any atom is 0.000794 e. The molecular weight excluding hydrogens is 146 g/mol. The van der Waals surface area contributed by atoms with Crippen molar-refractivity contribution in [2.75, 3.05) is 13.1 Å². The molecule has 0 aromatic rings. The van der Waals surface area contributed by atoms with Crippen LogP contribution < -0.4 is 5.32 Å². The average Bonchev–Trinajstić information content (AvgIpc) is 2.67. The molecule has 0 atom stereocenters. The molecule has 1 fully saturated rings. The molecule has 1 aliphatic rings. The highest BCUT2D eigenvalue weighted by Gasteiger charge is 2.39. The quantitative estimate of drug-likeness (QED) is 0.682. The highest BCUT2D eigenvalue weighted by atomic mass is 14.9. The van der Waals surface area contributed by atoms with E-state index in [1.165, 1.54) is 25.8 Å². The molecule has 0 radical (unpaired) electrons. The van der Waals surface area contributed by atoms with E-state index in [2.05, 4.69) is 33.0 Å². The standard InChI is InChI=1S/C11H23N/c1-5-11(6-7-11)9-12-8-10(2,3)4/h12H,5-9H2,1-4H3. The third-order valence-electron chi connectivity index (χ3n) is 2.86. The van der Waals surface area contributed by atoms with Crippen LogP contribution in [0.1, 0.15) is 47.0 Å². The van der Waals surface area contributed by atoms with E-state index in [1.54, 1.807) is 0 Å². The predicted octanol–water partition coefficient (Wildman–Crippen LogP) is 2.81. The van der Waals surface area contributed by atoms with E-state index < -0.39 is 0 Å². The van der Waals surface area contributed by atoms with Gasteiger partial charge >= 0.3 is 0 Å². The summed E-state index contributed by atoms with van der Waals surface area (Å²) < 4.78 is 0. The Bertz CT molecular complexity index is 140. The topological polar surface area (TPSA) is 12.0 Å². The van der Waals surface area contributed by atoms with Gasteiger partial charge in [-0.25, -0.2) is 0 Å². The van der Waals surface area contributed by atoms with E-state index in [0.29, 0.717) is 10.8 Å². The van der Waals surface area contributed by atoms with E-state index >= 15 is 0 Å². The van der Waals surface area contributed by atoms with Crippen molar-refractivity contribution < 1.29 is 0 Å². The van der Waals surface area contributed by atoms with Gasteiger partial charge in [0, 0.05) is 13.1 Å². The van der Waals surface area contributed by atoms with Crippen LogP contribution in [-0.2, 0) is 0 Å². The molecule has 1 N–H and O–H groups in total. The zero-order valence-corrected chi connectivity index (χ0v) is 9.04. The maximum absolute atomic E-state index is 3.58. The molecule has 1 heteroatoms. The SMILES string of the molecule is CCC1(CNCC(C)(C)C)CC1. The van der Waals surface area contributed by atoms with Crippen molar-refractivity contribution in [3.63, 3.8) is 0 Å². The van der Waals surface area contributed by atoms with Crippen molar-refractivity contribution in [2.24, 2.45) is 10.8 Å². The normalized spacial score (nSPS) is 21.0. The summed E-state index contributed by atoms with van der Waals surface area (Å²) in [7, 11) is 0. The first-order chi connectivity index (χ1) is 5.47. The summed E-state index contributed by atoms with van der Waals surface area (Å²) >= 11 is 0. The van der Waals surface area contributed by atoms with Gasteiger partial charge in [0.25, 0.3) is 0 Å². The Hall–Kier alpha value is -0.0400. The van der Waals surface area contributed by atoms with Crippen LogP contribution in [0.3, 0.4) is 0 Å². The summed E-state index contributed by atoms with van der Waals surface area (Å²) in [5, 5.41) is 3.58. The molecule has 0 spiro atoms. The molecular formula is C11H23N. The Labute approximate surface area is 76.9 Å². The van der Waals surface area contributed by atoms with Gasteiger partial charge < -0.3 is 5.32 Å². The van der Waals surface area contributed by atoms with Gasteiger partial charge in [0.05, 0.1) is 0 Å². The molecule has 0 aromatic carbocycles. The third kappa shape index (κ3) is 3.14. The van der Waals surface area contributed by atoms with Gasteiger partial charge in [0.2, 0.25) is 0 Å². The van der Waals surface area contributed by atoms with Crippen molar-refractivity contribution >= 4 is 0 Å². The van der Waals surface area contributed by atoms with Crippen molar-refractivity contribution in [3.05, 3.63) is 0 Å². The first kappa shape index (κ1) is 10.0. The second-order valence-electron chi connectivity index (χ2n) is 5.52. The molecule has 1 rings (SSSR count). The molecule has 1 aliphatic carbocycles. The molecule has 0 heterocycles. The fourth-order valence-corrected chi connectivity index (χ4v) is 1.53. The van der Waals surface area contributed by atoms with Gasteiger partial charge in [-0.3, -0.25) is 0 Å². The van der Waals surface area contributed by atoms with E-state index in [-0.39, 0.29) is 0 Å². The monoisotopic (exact) mass is 169 g/mol. The smallest absolute Gasteiger partial charge is 0.000794 e. The van der Waals surface area contributed by atoms with Crippen LogP contribution >= 0.6 is 0 Å². The summed E-state index contributed by atoms with van der Waals surface area (Å²) in [6, 6.07) is 0. The van der Waals surface area contributed by atoms with Crippen LogP contribution in [0.15, 0.2) is 0 Å². The Morgan fingerprint density at radius 1 is 1.25 bits per heavy atom. The second kappa shape index (κ2) is 3.37. The molecule has 0 aromatic heterocycles. The summed E-state index contributed by atoms with van der Waals surface area (Å²) in [6.07, 6.45) is 4.24. The predicted molar refractivity (Wildman–Crippen MR) is 54.3 cm³/mol. The molecule has 0 saturated heterocycles. The lowest BCUT2D eigenvalue weighted by Gasteiger charge is -2.21. The lowest BCUT2D eigenvalue weighted by Crippen LogP contribution is -2.31. The summed E-state index contributed by atoms with van der Waals surface area (Å²) in [5.74, 6) is 0. The fraction of sp³-hybridized carbons (Fsp3) is 1.00. The minimum Gasteiger partial charge on any atom is -0.316 e. The van der Waals surface area contributed by atoms with Gasteiger partial charge in [-0.1, -0.05) is 27.7 Å². The zero-order chi connectivity index (χ0) is 9.24. The molecule has 0 unspecified atom stereocenters. The Kier molecular flexibility index (Phi) is 2.82. The fourth-order valence-electron chi connectivity index (χ4n) is 1.53. The van der Waals surface area contributed by atoms with Crippen LogP contribution in [0, 0.1) is 10.8 Å². The maximum atomic E-state index is 3.58. The van der Waals surface area contributed by atoms with Crippen LogP contribution in [0.5, 0.6) is 0 Å². The number of hydrogen-bond acceptors (Lipinski definition) is 1. The lowest BCUT2D eigenvalue weighted by atomic mass is 9.96. The van der Waals surface area contributed by atoms with Crippen molar-refractivity contribution in [2.45, 2.75) is 47.0 Å². The highest BCUT2D eigenvalue weighted by Crippen LogP contribution is 2.47. The van der Waals surface area contributed by atoms with Gasteiger partial charge in [-0.15, -0.1) is 0 Å². The lowest BCUT2D eigenvalue weighted by molar-refractivity contribution is 0.347. The van der Waals surface area contributed by atoms with Crippen LogP contribution in [0.2, 0.25) is 0 Å². The Morgan fingerprint density at radius 2 is 1.83 bits per heavy atom. The Morgan fingerprint density at radius 3 is 2.17 bits per heavy atom. The van der Waals surface area contributed by atoms with E-state index in [4.69, 9.17) is 0 Å². The molecule has 0 bridgehead atoms. The highest BCUT2D eigenvalue weighted by molar-refractivity contribution is 4.93. The van der Waals surface area contributed by atoms with Gasteiger partial charge in [0.1, 0.15) is 0 Å². The van der Waals surface area contributed by atoms with Gasteiger partial charge in [-0.2, -0.15) is 0 Å². The van der Waals surface area contributed by atoms with E-state index in [1.807, 2.05) is 0 Å². The van der Waals surface area contributed by atoms with Crippen molar-refractivity contribution in [1.82, 2.24) is 5.32 Å². The number of hydrogen-bond donors (Lipinski definition) is 1. The minimum atomic E-state index is 0.434. The summed E-state index contributed by atoms with van der Waals surface area (Å²) in [4.78, 5) is 0. The zero-order valence-electron chi connectivity index (χ0n) is 9.04. The molecule has 0 aliphatic heterocycles. The molecule has 1 nitrogen and oxygen atoms in total. The second-order valence-corrected chi connectivity index (χ2v) is 5.52. The minimum absolute atomic E-state index is 0.434. The van der Waals surface area contributed by atoms with Crippen LogP contribution in [-0.4, -0.2) is 13.1 Å². The number of rotatable bonds is 4. The number of nitrogens with one attached hydrogen (secondary N) is 1. The van der Waals surface area contributed by atoms with Gasteiger partial charge in [0.15, 0.2) is 0 Å². The average molecular weight is 169 g/mol. The largest absolute Gasteiger partial charge is 0.316 e.